The molecule has 0 unspecified atom stereocenters. The molecule has 0 spiro atoms. The molecule has 7 heteroatoms. The van der Waals surface area contributed by atoms with Crippen molar-refractivity contribution in [2.24, 2.45) is 34.7 Å². The fourth-order valence-corrected chi connectivity index (χ4v) is 5.39. The lowest BCUT2D eigenvalue weighted by molar-refractivity contribution is -0.305. The summed E-state index contributed by atoms with van der Waals surface area (Å²) >= 11 is 0. The van der Waals surface area contributed by atoms with Crippen LogP contribution < -0.4 is 5.11 Å². The number of imide groups is 1. The molecule has 0 aromatic heterocycles. The van der Waals surface area contributed by atoms with Crippen molar-refractivity contribution in [3.63, 3.8) is 0 Å². The lowest BCUT2D eigenvalue weighted by atomic mass is 9.72. The highest BCUT2D eigenvalue weighted by Crippen LogP contribution is 2.61. The molecule has 6 atom stereocenters. The van der Waals surface area contributed by atoms with Crippen molar-refractivity contribution in [3.05, 3.63) is 42.0 Å². The van der Waals surface area contributed by atoms with Crippen LogP contribution in [-0.4, -0.2) is 41.0 Å². The maximum Gasteiger partial charge on any atom is 0.233 e. The molecule has 2 aliphatic carbocycles. The molecule has 0 N–H and O–H groups in total. The average Bonchev–Trinajstić information content (AvgIpc) is 3.38. The van der Waals surface area contributed by atoms with Gasteiger partial charge in [-0.15, -0.1) is 0 Å². The number of fused-ring (bicyclic) bond motifs is 8. The van der Waals surface area contributed by atoms with Gasteiger partial charge < -0.3 is 14.7 Å². The van der Waals surface area contributed by atoms with Crippen molar-refractivity contribution in [3.8, 4) is 0 Å². The SMILES string of the molecule is O=C([O-])CN1C(=O)[C@@H]2[C@@H]3C[C@@H]([C@H]4ON=C(/C=C/c5ccccc5)[C@@H]34)[C@@H]2C1=O. The highest BCUT2D eigenvalue weighted by atomic mass is 16.6. The fraction of sp³-hybridized carbons (Fsp3) is 0.400. The van der Waals surface area contributed by atoms with Crippen molar-refractivity contribution in [1.82, 2.24) is 4.90 Å². The molecule has 7 nitrogen and oxygen atoms in total. The quantitative estimate of drug-likeness (QED) is 0.703. The number of nitrogens with zero attached hydrogens (tertiary/aromatic N) is 2. The van der Waals surface area contributed by atoms with Gasteiger partial charge in [0.25, 0.3) is 0 Å². The van der Waals surface area contributed by atoms with Crippen LogP contribution in [0.1, 0.15) is 12.0 Å². The Morgan fingerprint density at radius 3 is 2.52 bits per heavy atom. The molecule has 2 saturated carbocycles. The van der Waals surface area contributed by atoms with E-state index >= 15 is 0 Å². The van der Waals surface area contributed by atoms with Gasteiger partial charge in [-0.2, -0.15) is 0 Å². The first-order chi connectivity index (χ1) is 13.1. The van der Waals surface area contributed by atoms with Crippen molar-refractivity contribution < 1.29 is 24.3 Å². The number of benzene rings is 1. The minimum atomic E-state index is -1.42. The molecule has 2 amide bonds. The average molecular weight is 365 g/mol. The molecule has 27 heavy (non-hydrogen) atoms. The van der Waals surface area contributed by atoms with Crippen molar-refractivity contribution in [2.75, 3.05) is 6.54 Å². The van der Waals surface area contributed by atoms with Crippen molar-refractivity contribution >= 4 is 29.6 Å². The van der Waals surface area contributed by atoms with E-state index < -0.39 is 36.2 Å². The molecule has 1 aromatic carbocycles. The van der Waals surface area contributed by atoms with Gasteiger partial charge in [0.15, 0.2) is 0 Å². The number of carbonyl (C=O) groups is 3. The number of rotatable bonds is 4. The Bertz CT molecular complexity index is 893. The summed E-state index contributed by atoms with van der Waals surface area (Å²) in [6, 6.07) is 9.82. The molecule has 1 saturated heterocycles. The zero-order valence-corrected chi connectivity index (χ0v) is 14.4. The highest BCUT2D eigenvalue weighted by molar-refractivity contribution is 6.09. The summed E-state index contributed by atoms with van der Waals surface area (Å²) in [5.41, 5.74) is 1.82. The van der Waals surface area contributed by atoms with E-state index in [2.05, 4.69) is 5.16 Å². The molecular weight excluding hydrogens is 348 g/mol. The standard InChI is InChI=1S/C20H18N2O5/c23-14(24)9-22-19(25)16-11-8-12(17(16)20(22)26)18-15(11)13(21-27-18)7-6-10-4-2-1-3-5-10/h1-7,11-12,15-18H,8-9H2,(H,23,24)/p-1/b7-6+/t11-,12-,15-,16-,17+,18-/m1/s1. The smallest absolute Gasteiger partial charge is 0.233 e. The summed E-state index contributed by atoms with van der Waals surface area (Å²) in [6.45, 7) is -0.671. The van der Waals surface area contributed by atoms with Gasteiger partial charge in [-0.3, -0.25) is 14.5 Å². The lowest BCUT2D eigenvalue weighted by Crippen LogP contribution is -2.42. The van der Waals surface area contributed by atoms with E-state index in [-0.39, 0.29) is 23.9 Å². The Balaban J connectivity index is 1.40. The molecule has 1 aromatic rings. The lowest BCUT2D eigenvalue weighted by Gasteiger charge is -2.29. The van der Waals surface area contributed by atoms with Gasteiger partial charge in [-0.05, 0) is 24.0 Å². The van der Waals surface area contributed by atoms with Crippen LogP contribution >= 0.6 is 0 Å². The Hall–Kier alpha value is -2.96. The van der Waals surface area contributed by atoms with Gasteiger partial charge in [0.1, 0.15) is 6.10 Å². The number of likely N-dealkylation sites (tertiary alicyclic amines) is 1. The predicted molar refractivity (Wildman–Crippen MR) is 91.6 cm³/mol. The van der Waals surface area contributed by atoms with E-state index in [0.717, 1.165) is 22.6 Å². The number of carboxylic acid groups (broad SMARTS) is 1. The molecule has 0 radical (unpaired) electrons. The highest BCUT2D eigenvalue weighted by Gasteiger charge is 2.70. The topological polar surface area (TPSA) is 99.1 Å². The van der Waals surface area contributed by atoms with E-state index in [9.17, 15) is 19.5 Å². The Kier molecular flexibility index (Phi) is 3.47. The normalized spacial score (nSPS) is 36.1. The molecule has 2 bridgehead atoms. The van der Waals surface area contributed by atoms with Crippen LogP contribution in [0, 0.1) is 29.6 Å². The number of allylic oxidation sites excluding steroid dienone is 1. The molecule has 5 rings (SSSR count). The number of hydrogen-bond acceptors (Lipinski definition) is 6. The van der Waals surface area contributed by atoms with Crippen molar-refractivity contribution in [1.29, 1.82) is 0 Å². The first kappa shape index (κ1) is 16.2. The van der Waals surface area contributed by atoms with E-state index in [1.54, 1.807) is 0 Å². The van der Waals surface area contributed by atoms with E-state index in [1.165, 1.54) is 0 Å². The summed E-state index contributed by atoms with van der Waals surface area (Å²) in [5.74, 6) is -3.36. The maximum absolute atomic E-state index is 12.7. The number of aliphatic carboxylic acids is 1. The third kappa shape index (κ3) is 2.27. The second kappa shape index (κ2) is 5.77. The van der Waals surface area contributed by atoms with E-state index in [1.807, 2.05) is 42.5 Å². The Morgan fingerprint density at radius 2 is 1.81 bits per heavy atom. The summed E-state index contributed by atoms with van der Waals surface area (Å²) in [7, 11) is 0. The minimum absolute atomic E-state index is 0.0316. The first-order valence-corrected chi connectivity index (χ1v) is 9.08. The van der Waals surface area contributed by atoms with Crippen LogP contribution in [0.2, 0.25) is 0 Å². The largest absolute Gasteiger partial charge is 0.548 e. The third-order valence-electron chi connectivity index (χ3n) is 6.35. The first-order valence-electron chi connectivity index (χ1n) is 9.08. The Morgan fingerprint density at radius 1 is 1.11 bits per heavy atom. The maximum atomic E-state index is 12.7. The summed E-state index contributed by atoms with van der Waals surface area (Å²) < 4.78 is 0. The van der Waals surface area contributed by atoms with Gasteiger partial charge in [0.2, 0.25) is 11.8 Å². The van der Waals surface area contributed by atoms with Crippen molar-refractivity contribution in [2.45, 2.75) is 12.5 Å². The number of carboxylic acids is 1. The molecule has 3 fully saturated rings. The monoisotopic (exact) mass is 365 g/mol. The van der Waals surface area contributed by atoms with E-state index in [0.29, 0.717) is 0 Å². The van der Waals surface area contributed by atoms with E-state index in [4.69, 9.17) is 4.84 Å². The second-order valence-corrected chi connectivity index (χ2v) is 7.61. The number of hydrogen-bond donors (Lipinski definition) is 0. The summed E-state index contributed by atoms with van der Waals surface area (Å²) in [6.07, 6.45) is 4.39. The van der Waals surface area contributed by atoms with Crippen LogP contribution in [0.3, 0.4) is 0 Å². The molecule has 138 valence electrons. The van der Waals surface area contributed by atoms with Gasteiger partial charge in [0, 0.05) is 11.8 Å². The molecule has 4 aliphatic rings. The summed E-state index contributed by atoms with van der Waals surface area (Å²) in [5, 5.41) is 15.1. The van der Waals surface area contributed by atoms with Crippen LogP contribution in [0.5, 0.6) is 0 Å². The predicted octanol–water partition coefficient (Wildman–Crippen LogP) is 0.0716. The Labute approximate surface area is 155 Å². The number of oxime groups is 1. The van der Waals surface area contributed by atoms with Gasteiger partial charge in [0.05, 0.1) is 30.1 Å². The zero-order valence-electron chi connectivity index (χ0n) is 14.4. The second-order valence-electron chi connectivity index (χ2n) is 7.61. The van der Waals surface area contributed by atoms with Crippen LogP contribution in [0.25, 0.3) is 6.08 Å². The minimum Gasteiger partial charge on any atom is -0.548 e. The zero-order chi connectivity index (χ0) is 18.7. The van der Waals surface area contributed by atoms with Gasteiger partial charge >= 0.3 is 0 Å². The molecular formula is C20H17N2O5-. The van der Waals surface area contributed by atoms with Crippen LogP contribution in [0.4, 0.5) is 0 Å². The van der Waals surface area contributed by atoms with Gasteiger partial charge in [-0.1, -0.05) is 41.6 Å². The molecule has 2 heterocycles. The number of amides is 2. The molecule has 2 aliphatic heterocycles. The van der Waals surface area contributed by atoms with Gasteiger partial charge in [-0.25, -0.2) is 0 Å². The third-order valence-corrected chi connectivity index (χ3v) is 6.35. The number of carbonyl (C=O) groups excluding carboxylic acids is 3. The fourth-order valence-electron chi connectivity index (χ4n) is 5.39. The van der Waals surface area contributed by atoms with Crippen LogP contribution in [-0.2, 0) is 19.2 Å². The van der Waals surface area contributed by atoms with Crippen LogP contribution in [0.15, 0.2) is 41.6 Å². The summed E-state index contributed by atoms with van der Waals surface area (Å²) in [4.78, 5) is 42.7.